The molecule has 4 bridgehead atoms. The Balaban J connectivity index is 1.31. The van der Waals surface area contributed by atoms with Gasteiger partial charge in [-0.15, -0.1) is 0 Å². The second kappa shape index (κ2) is 6.46. The Hall–Kier alpha value is -2.08. The number of hydrogen-bond donors (Lipinski definition) is 0. The van der Waals surface area contributed by atoms with Crippen molar-refractivity contribution in [1.29, 1.82) is 0 Å². The van der Waals surface area contributed by atoms with Crippen LogP contribution in [0.25, 0.3) is 21.9 Å². The highest BCUT2D eigenvalue weighted by atomic mass is 14.6. The largest absolute Gasteiger partial charge is 0.0579 e. The first kappa shape index (κ1) is 18.7. The standard InChI is InChI=1S/C30H34/c1-29(2,3)28-11-8-25-15-24(4-5-26(25)16-28)23-6-9-27(10-7-23)30-17-20-12-21(18-30)14-22(13-20)19-30/h4-11,15-16,20-22H,12-14,17-19H2,1-3H3. The molecule has 0 heteroatoms. The molecular weight excluding hydrogens is 360 g/mol. The van der Waals surface area contributed by atoms with E-state index in [0.29, 0.717) is 5.41 Å². The number of benzene rings is 3. The topological polar surface area (TPSA) is 0 Å². The summed E-state index contributed by atoms with van der Waals surface area (Å²) in [5.41, 5.74) is 6.41. The predicted octanol–water partition coefficient (Wildman–Crippen LogP) is 8.27. The highest BCUT2D eigenvalue weighted by Gasteiger charge is 2.51. The second-order valence-corrected chi connectivity index (χ2v) is 11.8. The highest BCUT2D eigenvalue weighted by Crippen LogP contribution is 2.60. The average molecular weight is 395 g/mol. The van der Waals surface area contributed by atoms with Crippen LogP contribution in [0.5, 0.6) is 0 Å². The Kier molecular flexibility index (Phi) is 4.02. The first-order valence-electron chi connectivity index (χ1n) is 12.0. The van der Waals surface area contributed by atoms with Crippen molar-refractivity contribution in [2.45, 2.75) is 70.1 Å². The monoisotopic (exact) mass is 394 g/mol. The van der Waals surface area contributed by atoms with Crippen LogP contribution in [0.15, 0.2) is 60.7 Å². The van der Waals surface area contributed by atoms with Crippen LogP contribution in [0.3, 0.4) is 0 Å². The quantitative estimate of drug-likeness (QED) is 0.410. The predicted molar refractivity (Wildman–Crippen MR) is 128 cm³/mol. The molecule has 0 aliphatic heterocycles. The molecule has 154 valence electrons. The lowest BCUT2D eigenvalue weighted by Gasteiger charge is -2.57. The first-order valence-corrected chi connectivity index (χ1v) is 12.0. The molecule has 3 aromatic rings. The van der Waals surface area contributed by atoms with Crippen molar-refractivity contribution in [3.05, 3.63) is 71.8 Å². The number of fused-ring (bicyclic) bond motifs is 1. The Labute approximate surface area is 181 Å². The summed E-state index contributed by atoms with van der Waals surface area (Å²) in [7, 11) is 0. The molecule has 4 fully saturated rings. The summed E-state index contributed by atoms with van der Waals surface area (Å²) < 4.78 is 0. The third-order valence-corrected chi connectivity index (χ3v) is 8.58. The molecule has 3 aromatic carbocycles. The van der Waals surface area contributed by atoms with E-state index >= 15 is 0 Å². The Morgan fingerprint density at radius 1 is 0.633 bits per heavy atom. The highest BCUT2D eigenvalue weighted by molar-refractivity contribution is 5.88. The zero-order valence-electron chi connectivity index (χ0n) is 18.7. The third-order valence-electron chi connectivity index (χ3n) is 8.58. The Bertz CT molecular complexity index is 1060. The molecule has 4 saturated carbocycles. The van der Waals surface area contributed by atoms with Crippen molar-refractivity contribution < 1.29 is 0 Å². The second-order valence-electron chi connectivity index (χ2n) is 11.8. The maximum atomic E-state index is 2.47. The van der Waals surface area contributed by atoms with E-state index in [-0.39, 0.29) is 5.41 Å². The molecular formula is C30H34. The van der Waals surface area contributed by atoms with E-state index in [9.17, 15) is 0 Å². The molecule has 0 N–H and O–H groups in total. The summed E-state index contributed by atoms with van der Waals surface area (Å²) >= 11 is 0. The van der Waals surface area contributed by atoms with Gasteiger partial charge in [-0.1, -0.05) is 75.4 Å². The van der Waals surface area contributed by atoms with Crippen molar-refractivity contribution in [2.24, 2.45) is 17.8 Å². The van der Waals surface area contributed by atoms with Gasteiger partial charge in [0.1, 0.15) is 0 Å². The van der Waals surface area contributed by atoms with Crippen LogP contribution in [-0.2, 0) is 10.8 Å². The van der Waals surface area contributed by atoms with Gasteiger partial charge in [0.05, 0.1) is 0 Å². The van der Waals surface area contributed by atoms with Crippen LogP contribution in [0.2, 0.25) is 0 Å². The Morgan fingerprint density at radius 2 is 1.17 bits per heavy atom. The van der Waals surface area contributed by atoms with Gasteiger partial charge in [-0.2, -0.15) is 0 Å². The van der Waals surface area contributed by atoms with E-state index in [1.165, 1.54) is 66.0 Å². The van der Waals surface area contributed by atoms with Crippen molar-refractivity contribution in [3.63, 3.8) is 0 Å². The van der Waals surface area contributed by atoms with E-state index in [0.717, 1.165) is 17.8 Å². The van der Waals surface area contributed by atoms with E-state index < -0.39 is 0 Å². The van der Waals surface area contributed by atoms with Crippen molar-refractivity contribution in [1.82, 2.24) is 0 Å². The molecule has 0 amide bonds. The maximum absolute atomic E-state index is 2.47. The van der Waals surface area contributed by atoms with E-state index in [4.69, 9.17) is 0 Å². The van der Waals surface area contributed by atoms with Gasteiger partial charge in [0.2, 0.25) is 0 Å². The fourth-order valence-electron chi connectivity index (χ4n) is 7.37. The van der Waals surface area contributed by atoms with Gasteiger partial charge in [-0.05, 0) is 106 Å². The Morgan fingerprint density at radius 3 is 1.77 bits per heavy atom. The fraction of sp³-hybridized carbons (Fsp3) is 0.467. The van der Waals surface area contributed by atoms with Crippen molar-refractivity contribution >= 4 is 10.8 Å². The summed E-state index contributed by atoms with van der Waals surface area (Å²) in [5.74, 6) is 3.03. The van der Waals surface area contributed by atoms with Crippen LogP contribution < -0.4 is 0 Å². The minimum absolute atomic E-state index is 0.194. The molecule has 0 radical (unpaired) electrons. The molecule has 0 saturated heterocycles. The SMILES string of the molecule is CC(C)(C)c1ccc2cc(-c3ccc(C45CC6CC(CC(C6)C4)C5)cc3)ccc2c1. The molecule has 7 rings (SSSR count). The minimum Gasteiger partial charge on any atom is -0.0579 e. The van der Waals surface area contributed by atoms with Crippen LogP contribution in [0.1, 0.15) is 70.4 Å². The molecule has 0 heterocycles. The van der Waals surface area contributed by atoms with Crippen LogP contribution >= 0.6 is 0 Å². The summed E-state index contributed by atoms with van der Waals surface area (Å²) in [5, 5.41) is 2.68. The first-order chi connectivity index (χ1) is 14.4. The van der Waals surface area contributed by atoms with Gasteiger partial charge in [-0.3, -0.25) is 0 Å². The summed E-state index contributed by atoms with van der Waals surface area (Å²) in [6.07, 6.45) is 8.90. The molecule has 0 spiro atoms. The summed E-state index contributed by atoms with van der Waals surface area (Å²) in [4.78, 5) is 0. The van der Waals surface area contributed by atoms with E-state index in [1.807, 2.05) is 0 Å². The lowest BCUT2D eigenvalue weighted by atomic mass is 9.48. The molecule has 0 unspecified atom stereocenters. The van der Waals surface area contributed by atoms with Crippen LogP contribution in [-0.4, -0.2) is 0 Å². The minimum atomic E-state index is 0.194. The van der Waals surface area contributed by atoms with Gasteiger partial charge < -0.3 is 0 Å². The van der Waals surface area contributed by atoms with Gasteiger partial charge >= 0.3 is 0 Å². The normalized spacial score (nSPS) is 30.2. The van der Waals surface area contributed by atoms with E-state index in [2.05, 4.69) is 81.4 Å². The van der Waals surface area contributed by atoms with Crippen molar-refractivity contribution in [2.75, 3.05) is 0 Å². The van der Waals surface area contributed by atoms with Gasteiger partial charge in [-0.25, -0.2) is 0 Å². The lowest BCUT2D eigenvalue weighted by Crippen LogP contribution is -2.48. The molecule has 0 nitrogen and oxygen atoms in total. The van der Waals surface area contributed by atoms with Gasteiger partial charge in [0.15, 0.2) is 0 Å². The molecule has 30 heavy (non-hydrogen) atoms. The molecule has 0 atom stereocenters. The van der Waals surface area contributed by atoms with Crippen LogP contribution in [0.4, 0.5) is 0 Å². The van der Waals surface area contributed by atoms with Crippen LogP contribution in [0, 0.1) is 17.8 Å². The molecule has 4 aliphatic rings. The van der Waals surface area contributed by atoms with Crippen molar-refractivity contribution in [3.8, 4) is 11.1 Å². The molecule has 4 aliphatic carbocycles. The average Bonchev–Trinajstić information content (AvgIpc) is 2.71. The molecule has 0 aromatic heterocycles. The zero-order chi connectivity index (χ0) is 20.5. The van der Waals surface area contributed by atoms with Gasteiger partial charge in [0, 0.05) is 0 Å². The zero-order valence-corrected chi connectivity index (χ0v) is 18.7. The lowest BCUT2D eigenvalue weighted by molar-refractivity contribution is -0.00518. The summed E-state index contributed by atoms with van der Waals surface area (Å²) in [6.45, 7) is 6.86. The fourth-order valence-corrected chi connectivity index (χ4v) is 7.37. The maximum Gasteiger partial charge on any atom is -0.00391 e. The van der Waals surface area contributed by atoms with E-state index in [1.54, 1.807) is 5.56 Å². The number of hydrogen-bond acceptors (Lipinski definition) is 0. The summed E-state index contributed by atoms with van der Waals surface area (Å²) in [6, 6.07) is 23.6. The number of rotatable bonds is 2. The third kappa shape index (κ3) is 3.03. The van der Waals surface area contributed by atoms with Gasteiger partial charge in [0.25, 0.3) is 0 Å². The smallest absolute Gasteiger partial charge is 0.00391 e.